The predicted octanol–water partition coefficient (Wildman–Crippen LogP) is 5.64. The number of halogens is 1. The average molecular weight is 341 g/mol. The third-order valence-corrected chi connectivity index (χ3v) is 4.81. The van der Waals surface area contributed by atoms with Crippen LogP contribution in [0.2, 0.25) is 0 Å². The van der Waals surface area contributed by atoms with Gasteiger partial charge in [0.2, 0.25) is 0 Å². The molecule has 0 radical (unpaired) electrons. The van der Waals surface area contributed by atoms with Crippen molar-refractivity contribution in [3.63, 3.8) is 0 Å². The molecule has 0 N–H and O–H groups in total. The normalized spacial score (nSPS) is 12.3. The number of benzene rings is 3. The second-order valence-corrected chi connectivity index (χ2v) is 6.04. The van der Waals surface area contributed by atoms with Crippen molar-refractivity contribution in [3.05, 3.63) is 77.4 Å². The van der Waals surface area contributed by atoms with Crippen LogP contribution in [-0.4, -0.2) is 7.11 Å². The van der Waals surface area contributed by atoms with Crippen molar-refractivity contribution >= 4 is 26.7 Å². The van der Waals surface area contributed by atoms with Gasteiger partial charge in [0.05, 0.1) is 11.9 Å². The summed E-state index contributed by atoms with van der Waals surface area (Å²) >= 11 is 3.88. The quantitative estimate of drug-likeness (QED) is 0.560. The summed E-state index contributed by atoms with van der Waals surface area (Å²) in [7, 11) is 1.72. The summed E-state index contributed by atoms with van der Waals surface area (Å²) in [5.41, 5.74) is 3.73. The molecule has 1 nitrogen and oxygen atoms in total. The Kier molecular flexibility index (Phi) is 3.98. The number of methoxy groups -OCH3 is 1. The number of hydrogen-bond acceptors (Lipinski definition) is 1. The number of aryl methyl sites for hydroxylation is 1. The second kappa shape index (κ2) is 5.90. The van der Waals surface area contributed by atoms with Gasteiger partial charge in [-0.05, 0) is 34.9 Å². The molecule has 0 saturated heterocycles. The smallest absolute Gasteiger partial charge is 0.123 e. The fourth-order valence-electron chi connectivity index (χ4n) is 2.77. The second-order valence-electron chi connectivity index (χ2n) is 5.12. The third kappa shape index (κ3) is 2.56. The first-order valence-corrected chi connectivity index (χ1v) is 7.89. The van der Waals surface area contributed by atoms with E-state index in [1.807, 2.05) is 18.2 Å². The van der Waals surface area contributed by atoms with Crippen molar-refractivity contribution in [1.29, 1.82) is 0 Å². The van der Waals surface area contributed by atoms with Gasteiger partial charge in [0.25, 0.3) is 0 Å². The fourth-order valence-corrected chi connectivity index (χ4v) is 3.76. The van der Waals surface area contributed by atoms with Crippen LogP contribution in [0.25, 0.3) is 10.8 Å². The van der Waals surface area contributed by atoms with Gasteiger partial charge in [0, 0.05) is 5.56 Å². The third-order valence-electron chi connectivity index (χ3n) is 3.85. The number of rotatable bonds is 3. The molecule has 0 spiro atoms. The minimum Gasteiger partial charge on any atom is -0.496 e. The van der Waals surface area contributed by atoms with Crippen LogP contribution >= 0.6 is 15.9 Å². The summed E-state index contributed by atoms with van der Waals surface area (Å²) in [6, 6.07) is 21.0. The predicted molar refractivity (Wildman–Crippen MR) is 92.4 cm³/mol. The van der Waals surface area contributed by atoms with Crippen LogP contribution in [0.5, 0.6) is 5.75 Å². The molecule has 2 heteroatoms. The van der Waals surface area contributed by atoms with Gasteiger partial charge in [-0.25, -0.2) is 0 Å². The van der Waals surface area contributed by atoms with Gasteiger partial charge in [-0.3, -0.25) is 0 Å². The van der Waals surface area contributed by atoms with Gasteiger partial charge in [0.1, 0.15) is 5.75 Å². The lowest BCUT2D eigenvalue weighted by molar-refractivity contribution is 0.410. The van der Waals surface area contributed by atoms with E-state index in [-0.39, 0.29) is 4.83 Å². The molecule has 3 aromatic rings. The van der Waals surface area contributed by atoms with Crippen LogP contribution in [0.3, 0.4) is 0 Å². The van der Waals surface area contributed by atoms with E-state index < -0.39 is 0 Å². The zero-order valence-corrected chi connectivity index (χ0v) is 13.7. The Bertz CT molecular complexity index is 779. The highest BCUT2D eigenvalue weighted by Crippen LogP contribution is 2.40. The molecule has 3 aromatic carbocycles. The molecular weight excluding hydrogens is 324 g/mol. The first-order chi connectivity index (χ1) is 10.2. The highest BCUT2D eigenvalue weighted by atomic mass is 79.9. The lowest BCUT2D eigenvalue weighted by Gasteiger charge is -2.19. The largest absolute Gasteiger partial charge is 0.496 e. The Morgan fingerprint density at radius 2 is 1.62 bits per heavy atom. The first-order valence-electron chi connectivity index (χ1n) is 6.97. The molecule has 0 saturated carbocycles. The summed E-state index contributed by atoms with van der Waals surface area (Å²) < 4.78 is 5.51. The van der Waals surface area contributed by atoms with E-state index in [0.717, 1.165) is 11.3 Å². The number of para-hydroxylation sites is 1. The summed E-state index contributed by atoms with van der Waals surface area (Å²) in [6.45, 7) is 2.16. The molecular formula is C19H17BrO. The number of alkyl halides is 1. The van der Waals surface area contributed by atoms with Gasteiger partial charge in [0.15, 0.2) is 0 Å². The van der Waals surface area contributed by atoms with E-state index in [9.17, 15) is 0 Å². The maximum atomic E-state index is 5.51. The highest BCUT2D eigenvalue weighted by Gasteiger charge is 2.18. The lowest BCUT2D eigenvalue weighted by Crippen LogP contribution is -2.00. The first kappa shape index (κ1) is 14.2. The van der Waals surface area contributed by atoms with Crippen molar-refractivity contribution < 1.29 is 4.74 Å². The van der Waals surface area contributed by atoms with Crippen LogP contribution in [0.15, 0.2) is 60.7 Å². The zero-order valence-electron chi connectivity index (χ0n) is 12.1. The Balaban J connectivity index is 2.22. The van der Waals surface area contributed by atoms with Crippen molar-refractivity contribution in [1.82, 2.24) is 0 Å². The Hall–Kier alpha value is -1.80. The SMILES string of the molecule is COc1ccccc1C(Br)c1c(C)ccc2ccccc12. The lowest BCUT2D eigenvalue weighted by atomic mass is 9.94. The van der Waals surface area contributed by atoms with E-state index in [0.29, 0.717) is 0 Å². The van der Waals surface area contributed by atoms with Gasteiger partial charge >= 0.3 is 0 Å². The molecule has 0 aliphatic rings. The van der Waals surface area contributed by atoms with Crippen LogP contribution in [-0.2, 0) is 0 Å². The molecule has 1 unspecified atom stereocenters. The maximum absolute atomic E-state index is 5.51. The zero-order chi connectivity index (χ0) is 14.8. The van der Waals surface area contributed by atoms with Gasteiger partial charge in [-0.1, -0.05) is 70.5 Å². The average Bonchev–Trinajstić information content (AvgIpc) is 2.54. The molecule has 0 heterocycles. The summed E-state index contributed by atoms with van der Waals surface area (Å²) in [5.74, 6) is 0.909. The van der Waals surface area contributed by atoms with Crippen LogP contribution in [0.1, 0.15) is 21.5 Å². The van der Waals surface area contributed by atoms with E-state index in [1.165, 1.54) is 21.9 Å². The summed E-state index contributed by atoms with van der Waals surface area (Å²) in [4.78, 5) is 0.111. The monoisotopic (exact) mass is 340 g/mol. The Labute approximate surface area is 133 Å². The van der Waals surface area contributed by atoms with Crippen LogP contribution in [0.4, 0.5) is 0 Å². The molecule has 0 aliphatic heterocycles. The summed E-state index contributed by atoms with van der Waals surface area (Å²) in [6.07, 6.45) is 0. The van der Waals surface area contributed by atoms with E-state index in [1.54, 1.807) is 7.11 Å². The standard InChI is InChI=1S/C19H17BrO/c1-13-11-12-14-7-3-4-8-15(14)18(13)19(20)16-9-5-6-10-17(16)21-2/h3-12,19H,1-2H3. The molecule has 0 aromatic heterocycles. The van der Waals surface area contributed by atoms with E-state index in [2.05, 4.69) is 65.3 Å². The molecule has 21 heavy (non-hydrogen) atoms. The van der Waals surface area contributed by atoms with Crippen molar-refractivity contribution in [2.75, 3.05) is 7.11 Å². The molecule has 0 amide bonds. The summed E-state index contributed by atoms with van der Waals surface area (Å²) in [5, 5.41) is 2.54. The van der Waals surface area contributed by atoms with Gasteiger partial charge in [-0.15, -0.1) is 0 Å². The Morgan fingerprint density at radius 1 is 0.905 bits per heavy atom. The molecule has 0 fully saturated rings. The fraction of sp³-hybridized carbons (Fsp3) is 0.158. The van der Waals surface area contributed by atoms with E-state index >= 15 is 0 Å². The minimum atomic E-state index is 0.111. The number of hydrogen-bond donors (Lipinski definition) is 0. The number of fused-ring (bicyclic) bond motifs is 1. The maximum Gasteiger partial charge on any atom is 0.123 e. The molecule has 106 valence electrons. The topological polar surface area (TPSA) is 9.23 Å². The molecule has 1 atom stereocenters. The van der Waals surface area contributed by atoms with Crippen molar-refractivity contribution in [3.8, 4) is 5.75 Å². The Morgan fingerprint density at radius 3 is 2.43 bits per heavy atom. The highest BCUT2D eigenvalue weighted by molar-refractivity contribution is 9.09. The van der Waals surface area contributed by atoms with Crippen molar-refractivity contribution in [2.45, 2.75) is 11.8 Å². The molecule has 0 aliphatic carbocycles. The van der Waals surface area contributed by atoms with Gasteiger partial charge < -0.3 is 4.74 Å². The number of ether oxygens (including phenoxy) is 1. The van der Waals surface area contributed by atoms with E-state index in [4.69, 9.17) is 4.74 Å². The molecule has 3 rings (SSSR count). The minimum absolute atomic E-state index is 0.111. The van der Waals surface area contributed by atoms with Gasteiger partial charge in [-0.2, -0.15) is 0 Å². The molecule has 0 bridgehead atoms. The van der Waals surface area contributed by atoms with Crippen LogP contribution in [0, 0.1) is 6.92 Å². The van der Waals surface area contributed by atoms with Crippen molar-refractivity contribution in [2.24, 2.45) is 0 Å². The van der Waals surface area contributed by atoms with Crippen LogP contribution < -0.4 is 4.74 Å².